The number of fused-ring (bicyclic) bond motifs is 2. The predicted molar refractivity (Wildman–Crippen MR) is 103 cm³/mol. The summed E-state index contributed by atoms with van der Waals surface area (Å²) < 4.78 is 23.0. The van der Waals surface area contributed by atoms with Crippen LogP contribution in [0.2, 0.25) is 0 Å². The Bertz CT molecular complexity index is 1010. The minimum Gasteiger partial charge on any atom is -0.497 e. The van der Waals surface area contributed by atoms with Gasteiger partial charge in [-0.15, -0.1) is 0 Å². The summed E-state index contributed by atoms with van der Waals surface area (Å²) in [6.07, 6.45) is 0. The second kappa shape index (κ2) is 6.13. The van der Waals surface area contributed by atoms with Crippen LogP contribution in [-0.2, 0) is 0 Å². The number of benzene rings is 2. The van der Waals surface area contributed by atoms with E-state index in [1.54, 1.807) is 14.2 Å². The van der Waals surface area contributed by atoms with E-state index in [4.69, 9.17) is 18.3 Å². The van der Waals surface area contributed by atoms with Crippen LogP contribution in [0, 0.1) is 13.8 Å². The van der Waals surface area contributed by atoms with Crippen molar-refractivity contribution in [1.82, 2.24) is 0 Å². The van der Waals surface area contributed by atoms with Gasteiger partial charge in [-0.3, -0.25) is 0 Å². The van der Waals surface area contributed by atoms with Crippen molar-refractivity contribution in [3.8, 4) is 11.5 Å². The second-order valence-electron chi connectivity index (χ2n) is 6.63. The van der Waals surface area contributed by atoms with Gasteiger partial charge in [-0.25, -0.2) is 0 Å². The summed E-state index contributed by atoms with van der Waals surface area (Å²) in [5.74, 6) is 3.42. The van der Waals surface area contributed by atoms with Gasteiger partial charge >= 0.3 is 0 Å². The molecule has 2 aromatic carbocycles. The topological polar surface area (TPSA) is 44.7 Å². The monoisotopic (exact) mass is 350 g/mol. The highest BCUT2D eigenvalue weighted by Gasteiger charge is 2.24. The van der Waals surface area contributed by atoms with Crippen LogP contribution in [-0.4, -0.2) is 14.2 Å². The zero-order valence-corrected chi connectivity index (χ0v) is 15.7. The number of ether oxygens (including phenoxy) is 2. The lowest BCUT2D eigenvalue weighted by atomic mass is 9.98. The first-order valence-corrected chi connectivity index (χ1v) is 8.67. The fourth-order valence-electron chi connectivity index (χ4n) is 3.65. The third kappa shape index (κ3) is 2.45. The van der Waals surface area contributed by atoms with Crippen molar-refractivity contribution in [2.24, 2.45) is 0 Å². The Labute approximate surface area is 152 Å². The zero-order chi connectivity index (χ0) is 18.4. The van der Waals surface area contributed by atoms with Gasteiger partial charge in [-0.2, -0.15) is 0 Å². The van der Waals surface area contributed by atoms with Crippen LogP contribution >= 0.6 is 0 Å². The molecule has 0 aliphatic heterocycles. The van der Waals surface area contributed by atoms with Gasteiger partial charge in [0.1, 0.15) is 34.2 Å². The van der Waals surface area contributed by atoms with E-state index in [9.17, 15) is 0 Å². The summed E-state index contributed by atoms with van der Waals surface area (Å²) in [4.78, 5) is 0. The van der Waals surface area contributed by atoms with Crippen molar-refractivity contribution in [3.05, 3.63) is 59.0 Å². The van der Waals surface area contributed by atoms with Gasteiger partial charge in [-0.05, 0) is 56.2 Å². The van der Waals surface area contributed by atoms with Gasteiger partial charge in [-0.1, -0.05) is 0 Å². The molecule has 0 bridgehead atoms. The van der Waals surface area contributed by atoms with E-state index in [1.807, 2.05) is 36.4 Å². The molecular weight excluding hydrogens is 328 g/mol. The van der Waals surface area contributed by atoms with Crippen molar-refractivity contribution in [1.29, 1.82) is 0 Å². The Balaban J connectivity index is 1.83. The molecule has 0 radical (unpaired) electrons. The smallest absolute Gasteiger partial charge is 0.138 e. The molecule has 0 spiro atoms. The highest BCUT2D eigenvalue weighted by molar-refractivity contribution is 5.85. The molecule has 0 unspecified atom stereocenters. The van der Waals surface area contributed by atoms with E-state index in [-0.39, 0.29) is 5.92 Å². The Morgan fingerprint density at radius 2 is 1.15 bits per heavy atom. The number of aryl methyl sites for hydroxylation is 2. The molecule has 2 heterocycles. The number of rotatable bonds is 4. The minimum absolute atomic E-state index is 0.00629. The Morgan fingerprint density at radius 1 is 0.731 bits per heavy atom. The molecule has 0 N–H and O–H groups in total. The van der Waals surface area contributed by atoms with Gasteiger partial charge in [0.2, 0.25) is 0 Å². The Morgan fingerprint density at radius 3 is 1.54 bits per heavy atom. The first-order chi connectivity index (χ1) is 12.5. The molecule has 0 amide bonds. The van der Waals surface area contributed by atoms with Crippen molar-refractivity contribution in [2.45, 2.75) is 26.7 Å². The summed E-state index contributed by atoms with van der Waals surface area (Å²) in [6, 6.07) is 11.8. The zero-order valence-electron chi connectivity index (χ0n) is 15.7. The number of hydrogen-bond donors (Lipinski definition) is 0. The van der Waals surface area contributed by atoms with Crippen LogP contribution in [0.25, 0.3) is 21.9 Å². The largest absolute Gasteiger partial charge is 0.497 e. The molecule has 0 aliphatic carbocycles. The van der Waals surface area contributed by atoms with Crippen molar-refractivity contribution >= 4 is 21.9 Å². The van der Waals surface area contributed by atoms with Crippen LogP contribution in [0.3, 0.4) is 0 Å². The Kier molecular flexibility index (Phi) is 3.91. The van der Waals surface area contributed by atoms with Gasteiger partial charge in [0.15, 0.2) is 0 Å². The van der Waals surface area contributed by atoms with E-state index >= 15 is 0 Å². The number of methoxy groups -OCH3 is 2. The number of furan rings is 2. The van der Waals surface area contributed by atoms with E-state index in [1.165, 1.54) is 0 Å². The highest BCUT2D eigenvalue weighted by Crippen LogP contribution is 2.39. The molecule has 0 aliphatic rings. The van der Waals surface area contributed by atoms with E-state index in [2.05, 4.69) is 20.8 Å². The summed E-state index contributed by atoms with van der Waals surface area (Å²) in [5, 5.41) is 2.20. The SMILES string of the molecule is COc1ccc2c(C)c(C(C)c3oc4cc(OC)ccc4c3C)oc2c1. The summed E-state index contributed by atoms with van der Waals surface area (Å²) in [6.45, 7) is 6.29. The lowest BCUT2D eigenvalue weighted by molar-refractivity contribution is 0.413. The van der Waals surface area contributed by atoms with Gasteiger partial charge in [0.25, 0.3) is 0 Å². The summed E-state index contributed by atoms with van der Waals surface area (Å²) >= 11 is 0. The Hall–Kier alpha value is -2.88. The van der Waals surface area contributed by atoms with Crippen LogP contribution in [0.5, 0.6) is 11.5 Å². The van der Waals surface area contributed by atoms with Crippen molar-refractivity contribution in [2.75, 3.05) is 14.2 Å². The summed E-state index contributed by atoms with van der Waals surface area (Å²) in [5.41, 5.74) is 3.93. The third-order valence-corrected chi connectivity index (χ3v) is 5.15. The van der Waals surface area contributed by atoms with Crippen molar-refractivity contribution in [3.63, 3.8) is 0 Å². The first kappa shape index (κ1) is 16.6. The maximum absolute atomic E-state index is 6.19. The minimum atomic E-state index is 0.00629. The molecule has 4 nitrogen and oxygen atoms in total. The lowest BCUT2D eigenvalue weighted by Crippen LogP contribution is -1.96. The average Bonchev–Trinajstić information content (AvgIpc) is 3.17. The van der Waals surface area contributed by atoms with E-state index < -0.39 is 0 Å². The average molecular weight is 350 g/mol. The molecule has 4 aromatic rings. The molecular formula is C22H22O4. The first-order valence-electron chi connectivity index (χ1n) is 8.67. The van der Waals surface area contributed by atoms with Crippen molar-refractivity contribution < 1.29 is 18.3 Å². The molecule has 134 valence electrons. The molecule has 26 heavy (non-hydrogen) atoms. The van der Waals surface area contributed by atoms with Crippen LogP contribution in [0.1, 0.15) is 35.5 Å². The van der Waals surface area contributed by atoms with Crippen LogP contribution in [0.4, 0.5) is 0 Å². The summed E-state index contributed by atoms with van der Waals surface area (Å²) in [7, 11) is 3.32. The maximum Gasteiger partial charge on any atom is 0.138 e. The van der Waals surface area contributed by atoms with Gasteiger partial charge < -0.3 is 18.3 Å². The molecule has 4 heteroatoms. The van der Waals surface area contributed by atoms with E-state index in [0.29, 0.717) is 0 Å². The second-order valence-corrected chi connectivity index (χ2v) is 6.63. The third-order valence-electron chi connectivity index (χ3n) is 5.15. The van der Waals surface area contributed by atoms with E-state index in [0.717, 1.165) is 56.1 Å². The molecule has 0 saturated heterocycles. The molecule has 4 rings (SSSR count). The molecule has 0 fully saturated rings. The van der Waals surface area contributed by atoms with Crippen LogP contribution < -0.4 is 9.47 Å². The fraction of sp³-hybridized carbons (Fsp3) is 0.273. The normalized spacial score (nSPS) is 11.6. The lowest BCUT2D eigenvalue weighted by Gasteiger charge is -2.08. The molecule has 0 atom stereocenters. The van der Waals surface area contributed by atoms with Gasteiger partial charge in [0.05, 0.1) is 20.1 Å². The maximum atomic E-state index is 6.19. The molecule has 0 saturated carbocycles. The standard InChI is InChI=1S/C22H22O4/c1-12-17-8-6-15(23-4)10-19(17)25-21(12)14(3)22-13(2)18-9-7-16(24-5)11-20(18)26-22/h6-11,14H,1-5H3. The number of hydrogen-bond acceptors (Lipinski definition) is 4. The highest BCUT2D eigenvalue weighted by atomic mass is 16.5. The quantitative estimate of drug-likeness (QED) is 0.455. The predicted octanol–water partition coefficient (Wildman–Crippen LogP) is 5.96. The van der Waals surface area contributed by atoms with Crippen LogP contribution in [0.15, 0.2) is 45.2 Å². The van der Waals surface area contributed by atoms with Gasteiger partial charge in [0, 0.05) is 22.9 Å². The fourth-order valence-corrected chi connectivity index (χ4v) is 3.65. The molecule has 2 aromatic heterocycles.